The number of nitrogens with one attached hydrogen (secondary N) is 2. The molecule has 2 aromatic rings. The molecule has 2 aromatic carbocycles. The zero-order valence-electron chi connectivity index (χ0n) is 32.0. The summed E-state index contributed by atoms with van der Waals surface area (Å²) in [5.41, 5.74) is 1.84. The maximum Gasteiger partial charge on any atom is 0.500 e. The number of benzene rings is 2. The van der Waals surface area contributed by atoms with Gasteiger partial charge >= 0.3 is 14.8 Å². The summed E-state index contributed by atoms with van der Waals surface area (Å²) in [6.07, 6.45) is 11.8. The van der Waals surface area contributed by atoms with E-state index in [1.807, 2.05) is 20.8 Å². The molecule has 0 saturated heterocycles. The number of urea groups is 1. The van der Waals surface area contributed by atoms with Gasteiger partial charge in [0, 0.05) is 39.0 Å². The van der Waals surface area contributed by atoms with Crippen LogP contribution >= 0.6 is 7.92 Å². The number of carbonyl (C=O) groups is 1. The Labute approximate surface area is 303 Å². The van der Waals surface area contributed by atoms with Gasteiger partial charge in [-0.25, -0.2) is 4.79 Å². The maximum atomic E-state index is 12.0. The maximum absolute atomic E-state index is 12.0. The average Bonchev–Trinajstić information content (AvgIpc) is 3.82. The molecular formula is C40H69N2O4PSi2. The fourth-order valence-electron chi connectivity index (χ4n) is 8.00. The highest BCUT2D eigenvalue weighted by atomic mass is 31.1. The Bertz CT molecular complexity index is 1110. The smallest absolute Gasteiger partial charge is 0.374 e. The van der Waals surface area contributed by atoms with Crippen LogP contribution in [-0.2, 0) is 13.3 Å². The van der Waals surface area contributed by atoms with Crippen molar-refractivity contribution in [2.24, 2.45) is 11.8 Å². The minimum absolute atomic E-state index is 0.0724. The lowest BCUT2D eigenvalue weighted by Gasteiger charge is -2.32. The monoisotopic (exact) mass is 728 g/mol. The number of hydrogen-bond donors (Lipinski definition) is 2. The molecule has 0 bridgehead atoms. The third-order valence-corrected chi connectivity index (χ3v) is 21.2. The molecule has 2 atom stereocenters. The van der Waals surface area contributed by atoms with Crippen molar-refractivity contribution in [1.29, 1.82) is 0 Å². The fourth-order valence-corrected chi connectivity index (χ4v) is 17.5. The molecule has 0 aromatic heterocycles. The van der Waals surface area contributed by atoms with Gasteiger partial charge in [-0.3, -0.25) is 0 Å². The SMILES string of the molecule is CC(C)C1CCCC1P(c1ccccc1)c1ccccc1.CCO[Si](CCCNC(=O)NCCC[Si](C)(C)C1CCCC1)(OCC)OCC. The van der Waals surface area contributed by atoms with E-state index >= 15 is 0 Å². The van der Waals surface area contributed by atoms with Gasteiger partial charge in [0.2, 0.25) is 0 Å². The van der Waals surface area contributed by atoms with Crippen LogP contribution in [0.5, 0.6) is 0 Å². The van der Waals surface area contributed by atoms with Crippen molar-refractivity contribution in [1.82, 2.24) is 10.6 Å². The third-order valence-electron chi connectivity index (χ3n) is 10.6. The molecule has 0 radical (unpaired) electrons. The molecule has 0 spiro atoms. The third kappa shape index (κ3) is 13.8. The molecule has 6 nitrogen and oxygen atoms in total. The summed E-state index contributed by atoms with van der Waals surface area (Å²) in [6, 6.07) is 24.4. The summed E-state index contributed by atoms with van der Waals surface area (Å²) in [5, 5.41) is 9.06. The first-order valence-corrected chi connectivity index (χ1v) is 26.1. The molecule has 2 N–H and O–H groups in total. The topological polar surface area (TPSA) is 68.8 Å². The fraction of sp³-hybridized carbons (Fsp3) is 0.675. The molecule has 9 heteroatoms. The minimum atomic E-state index is -2.60. The van der Waals surface area contributed by atoms with Gasteiger partial charge in [0.1, 0.15) is 0 Å². The van der Waals surface area contributed by atoms with Gasteiger partial charge in [-0.05, 0) is 88.0 Å². The zero-order valence-corrected chi connectivity index (χ0v) is 34.9. The standard InChI is InChI=1S/C20H44N2O4Si2.C20H25P/c1-6-24-28(25-7-2,26-8-3)18-12-16-22-20(23)21-15-11-17-27(4,5)19-13-9-10-14-19;1-16(2)19-14-9-15-20(19)21(17-10-5-3-6-11-17)18-12-7-4-8-13-18/h19H,6-18H2,1-5H3,(H2,21,22,23);3-8,10-13,16,19-20H,9,14-15H2,1-2H3. The second-order valence-corrected chi connectivity index (χ2v) is 25.3. The largest absolute Gasteiger partial charge is 0.500 e. The van der Waals surface area contributed by atoms with E-state index in [9.17, 15) is 4.79 Å². The Morgan fingerprint density at radius 3 is 1.69 bits per heavy atom. The highest BCUT2D eigenvalue weighted by Crippen LogP contribution is 2.52. The Kier molecular flexibility index (Phi) is 19.1. The lowest BCUT2D eigenvalue weighted by Crippen LogP contribution is -2.46. The molecule has 0 heterocycles. The lowest BCUT2D eigenvalue weighted by atomic mass is 9.94. The highest BCUT2D eigenvalue weighted by Gasteiger charge is 2.40. The van der Waals surface area contributed by atoms with Gasteiger partial charge < -0.3 is 23.9 Å². The van der Waals surface area contributed by atoms with Gasteiger partial charge in [0.05, 0.1) is 8.07 Å². The van der Waals surface area contributed by atoms with Crippen LogP contribution in [0.4, 0.5) is 4.79 Å². The summed E-state index contributed by atoms with van der Waals surface area (Å²) >= 11 is 0. The van der Waals surface area contributed by atoms with Crippen molar-refractivity contribution < 1.29 is 18.1 Å². The van der Waals surface area contributed by atoms with Crippen LogP contribution in [0.25, 0.3) is 0 Å². The quantitative estimate of drug-likeness (QED) is 0.0859. The van der Waals surface area contributed by atoms with Crippen LogP contribution in [0.3, 0.4) is 0 Å². The predicted molar refractivity (Wildman–Crippen MR) is 216 cm³/mol. The predicted octanol–water partition coefficient (Wildman–Crippen LogP) is 9.71. The van der Waals surface area contributed by atoms with Crippen LogP contribution in [0.15, 0.2) is 60.7 Å². The van der Waals surface area contributed by atoms with Crippen LogP contribution in [0.1, 0.15) is 92.4 Å². The first-order valence-electron chi connectivity index (χ1n) is 19.5. The van der Waals surface area contributed by atoms with E-state index in [-0.39, 0.29) is 14.0 Å². The molecule has 0 aliphatic heterocycles. The van der Waals surface area contributed by atoms with Gasteiger partial charge in [-0.15, -0.1) is 0 Å². The summed E-state index contributed by atoms with van der Waals surface area (Å²) in [4.78, 5) is 12.0. The summed E-state index contributed by atoms with van der Waals surface area (Å²) in [5.74, 6) is 1.69. The van der Waals surface area contributed by atoms with E-state index < -0.39 is 16.9 Å². The Morgan fingerprint density at radius 1 is 0.735 bits per heavy atom. The normalized spacial score (nSPS) is 18.5. The second kappa shape index (κ2) is 22.4. The van der Waals surface area contributed by atoms with Crippen molar-refractivity contribution in [3.63, 3.8) is 0 Å². The van der Waals surface area contributed by atoms with E-state index in [4.69, 9.17) is 13.3 Å². The van der Waals surface area contributed by atoms with Crippen LogP contribution in [0.2, 0.25) is 30.7 Å². The van der Waals surface area contributed by atoms with E-state index in [1.165, 1.54) is 51.0 Å². The number of hydrogen-bond acceptors (Lipinski definition) is 4. The highest BCUT2D eigenvalue weighted by molar-refractivity contribution is 7.73. The average molecular weight is 729 g/mol. The molecule has 2 aliphatic rings. The van der Waals surface area contributed by atoms with Gasteiger partial charge in [-0.2, -0.15) is 0 Å². The van der Waals surface area contributed by atoms with Gasteiger partial charge in [-0.1, -0.05) is 126 Å². The van der Waals surface area contributed by atoms with Gasteiger partial charge in [0.15, 0.2) is 0 Å². The molecule has 2 saturated carbocycles. The van der Waals surface area contributed by atoms with Gasteiger partial charge in [0.25, 0.3) is 0 Å². The Balaban J connectivity index is 0.000000275. The van der Waals surface area contributed by atoms with E-state index in [1.54, 1.807) is 10.6 Å². The number of rotatable bonds is 19. The first-order chi connectivity index (χ1) is 23.7. The molecule has 2 fully saturated rings. The van der Waals surface area contributed by atoms with Crippen LogP contribution in [-0.4, -0.2) is 61.5 Å². The van der Waals surface area contributed by atoms with E-state index in [0.29, 0.717) is 26.4 Å². The van der Waals surface area contributed by atoms with Crippen molar-refractivity contribution in [2.75, 3.05) is 32.9 Å². The molecule has 276 valence electrons. The van der Waals surface area contributed by atoms with Crippen molar-refractivity contribution in [3.05, 3.63) is 60.7 Å². The van der Waals surface area contributed by atoms with Crippen LogP contribution in [0, 0.1) is 11.8 Å². The summed E-state index contributed by atoms with van der Waals surface area (Å²) in [7, 11) is -3.95. The lowest BCUT2D eigenvalue weighted by molar-refractivity contribution is 0.0708. The molecule has 2 amide bonds. The Hall–Kier alpha value is -1.55. The second-order valence-electron chi connectivity index (χ2n) is 14.8. The summed E-state index contributed by atoms with van der Waals surface area (Å²) in [6.45, 7) is 18.9. The molecular weight excluding hydrogens is 660 g/mol. The number of amides is 2. The minimum Gasteiger partial charge on any atom is -0.374 e. The first kappa shape index (κ1) is 41.9. The summed E-state index contributed by atoms with van der Waals surface area (Å²) < 4.78 is 17.5. The van der Waals surface area contributed by atoms with E-state index in [0.717, 1.165) is 48.5 Å². The van der Waals surface area contributed by atoms with E-state index in [2.05, 4.69) is 98.2 Å². The van der Waals surface area contributed by atoms with Crippen molar-refractivity contribution in [3.8, 4) is 0 Å². The molecule has 4 rings (SSSR count). The zero-order chi connectivity index (χ0) is 35.5. The molecule has 2 aliphatic carbocycles. The van der Waals surface area contributed by atoms with Crippen LogP contribution < -0.4 is 21.2 Å². The number of carbonyl (C=O) groups excluding carboxylic acids is 1. The molecule has 49 heavy (non-hydrogen) atoms. The van der Waals surface area contributed by atoms with Crippen molar-refractivity contribution >= 4 is 41.4 Å². The van der Waals surface area contributed by atoms with Crippen molar-refractivity contribution in [2.45, 2.75) is 129 Å². The molecule has 2 unspecified atom stereocenters. The Morgan fingerprint density at radius 2 is 1.22 bits per heavy atom.